The van der Waals surface area contributed by atoms with E-state index in [4.69, 9.17) is 23.5 Å². The topological polar surface area (TPSA) is 229 Å². The Morgan fingerprint density at radius 1 is 0.519 bits per heavy atom. The Morgan fingerprint density at radius 2 is 0.861 bits per heavy atom. The molecule has 0 aromatic carbocycles. The molecule has 7 amide bonds. The number of imide groups is 1. The van der Waals surface area contributed by atoms with Gasteiger partial charge in [-0.15, -0.1) is 0 Å². The molecule has 0 aliphatic carbocycles. The van der Waals surface area contributed by atoms with Gasteiger partial charge in [0, 0.05) is 127 Å². The minimum absolute atomic E-state index is 0.00156. The minimum Gasteiger partial charge on any atom is -0.375 e. The van der Waals surface area contributed by atoms with Crippen LogP contribution in [0, 0.1) is 17.3 Å². The number of amides is 7. The van der Waals surface area contributed by atoms with E-state index in [1.807, 2.05) is 145 Å². The van der Waals surface area contributed by atoms with Gasteiger partial charge in [-0.2, -0.15) is 0 Å². The zero-order chi connectivity index (χ0) is 61.1. The molecule has 0 aromatic heterocycles. The highest BCUT2D eigenvalue weighted by molar-refractivity contribution is 7.51. The summed E-state index contributed by atoms with van der Waals surface area (Å²) in [6, 6.07) is 0. The van der Waals surface area contributed by atoms with E-state index in [1.165, 1.54) is 4.90 Å². The summed E-state index contributed by atoms with van der Waals surface area (Å²) in [5.41, 5.74) is -4.79. The molecule has 0 bridgehead atoms. The monoisotopic (exact) mass is 1140 g/mol. The Balaban J connectivity index is 2.38. The van der Waals surface area contributed by atoms with Crippen molar-refractivity contribution in [3.63, 3.8) is 0 Å². The van der Waals surface area contributed by atoms with Crippen LogP contribution in [0.15, 0.2) is 0 Å². The molecule has 5 N–H and O–H groups in total. The zero-order valence-electron chi connectivity index (χ0n) is 53.6. The normalized spacial score (nSPS) is 15.8. The number of ether oxygens (including phenoxy) is 4. The van der Waals surface area contributed by atoms with Gasteiger partial charge in [-0.3, -0.25) is 38.5 Å². The summed E-state index contributed by atoms with van der Waals surface area (Å²) in [6.45, 7) is 43.4. The molecular formula is C60H113N6O12P. The van der Waals surface area contributed by atoms with Crippen molar-refractivity contribution >= 4 is 49.5 Å². The SMILES string of the molecule is COP(C)CC(C)(C)C(=O)NC(C)(C)CCOC(C)(C)CCNC(=O)CCC(C)(C)OCCC(C)(C)NC(=O)CCC(C)(C)OCCC(C)(C)NC(=O)CCC(C)(C)OCCC(C)(C)NC(=O)CCN1C(=O)CC(C(C)C)C1=O. The van der Waals surface area contributed by atoms with Crippen molar-refractivity contribution in [3.05, 3.63) is 0 Å². The van der Waals surface area contributed by atoms with Gasteiger partial charge in [0.1, 0.15) is 0 Å². The van der Waals surface area contributed by atoms with Crippen LogP contribution in [0.2, 0.25) is 0 Å². The first kappa shape index (κ1) is 73.7. The van der Waals surface area contributed by atoms with Crippen LogP contribution >= 0.6 is 8.15 Å². The van der Waals surface area contributed by atoms with Crippen LogP contribution in [0.3, 0.4) is 0 Å². The fourth-order valence-corrected chi connectivity index (χ4v) is 10.3. The average Bonchev–Trinajstić information content (AvgIpc) is 3.56. The Hall–Kier alpha value is -3.28. The molecule has 460 valence electrons. The number of carbonyl (C=O) groups excluding carboxylic acids is 7. The standard InChI is InChI=1S/C60H113N6O12P/c1-43(2)44-41-49(71)66(50(44)72)36-26-48(70)64-55(9,10)33-39-77-59(17,18)29-25-47(69)63-54(7,8)32-38-76-58(15,16)28-24-46(68)62-53(5,6)31-37-75-57(13,14)27-23-45(67)61-35-30-60(19,20)78-40-34-56(11,12)65-51(73)52(3,4)42-79(22)74-21/h43-44H,23-42H2,1-22H3,(H,61,67)(H,62,68)(H,63,69)(H,64,70)(H,65,73). The summed E-state index contributed by atoms with van der Waals surface area (Å²) in [4.78, 5) is 91.1. The van der Waals surface area contributed by atoms with Crippen molar-refractivity contribution in [3.8, 4) is 0 Å². The van der Waals surface area contributed by atoms with E-state index in [9.17, 15) is 33.6 Å². The second-order valence-electron chi connectivity index (χ2n) is 28.2. The maximum atomic E-state index is 13.1. The number of hydrogen-bond acceptors (Lipinski definition) is 12. The molecule has 2 unspecified atom stereocenters. The van der Waals surface area contributed by atoms with Gasteiger partial charge in [-0.1, -0.05) is 27.7 Å². The van der Waals surface area contributed by atoms with Crippen LogP contribution in [-0.2, 0) is 57.0 Å². The Morgan fingerprint density at radius 3 is 1.22 bits per heavy atom. The van der Waals surface area contributed by atoms with Gasteiger partial charge in [0.2, 0.25) is 41.4 Å². The molecule has 1 fully saturated rings. The molecule has 19 heteroatoms. The van der Waals surface area contributed by atoms with Gasteiger partial charge >= 0.3 is 0 Å². The molecule has 1 aliphatic rings. The summed E-state index contributed by atoms with van der Waals surface area (Å²) >= 11 is 0. The fraction of sp³-hybridized carbons (Fsp3) is 0.883. The lowest BCUT2D eigenvalue weighted by molar-refractivity contribution is -0.140. The molecule has 0 saturated carbocycles. The lowest BCUT2D eigenvalue weighted by atomic mass is 9.92. The molecule has 2 atom stereocenters. The second-order valence-corrected chi connectivity index (χ2v) is 30.1. The lowest BCUT2D eigenvalue weighted by Crippen LogP contribution is -2.50. The highest BCUT2D eigenvalue weighted by Gasteiger charge is 2.40. The van der Waals surface area contributed by atoms with Gasteiger partial charge in [0.15, 0.2) is 0 Å². The zero-order valence-corrected chi connectivity index (χ0v) is 54.5. The van der Waals surface area contributed by atoms with Gasteiger partial charge in [0.05, 0.1) is 22.4 Å². The van der Waals surface area contributed by atoms with E-state index < -0.39 is 58.1 Å². The maximum Gasteiger partial charge on any atom is 0.233 e. The molecule has 0 aromatic rings. The van der Waals surface area contributed by atoms with Crippen LogP contribution in [0.25, 0.3) is 0 Å². The van der Waals surface area contributed by atoms with Crippen molar-refractivity contribution in [1.29, 1.82) is 0 Å². The third-order valence-corrected chi connectivity index (χ3v) is 16.7. The third kappa shape index (κ3) is 31.7. The summed E-state index contributed by atoms with van der Waals surface area (Å²) in [5.74, 6) is -1.14. The summed E-state index contributed by atoms with van der Waals surface area (Å²) < 4.78 is 30.3. The predicted molar refractivity (Wildman–Crippen MR) is 316 cm³/mol. The molecule has 1 saturated heterocycles. The second kappa shape index (κ2) is 31.4. The van der Waals surface area contributed by atoms with Crippen LogP contribution in [0.4, 0.5) is 0 Å². The molecule has 79 heavy (non-hydrogen) atoms. The van der Waals surface area contributed by atoms with Crippen LogP contribution < -0.4 is 26.6 Å². The van der Waals surface area contributed by atoms with Gasteiger partial charge in [-0.25, -0.2) is 0 Å². The summed E-state index contributed by atoms with van der Waals surface area (Å²) in [5, 5.41) is 15.5. The van der Waals surface area contributed by atoms with Crippen LogP contribution in [-0.4, -0.2) is 150 Å². The number of likely N-dealkylation sites (tertiary alicyclic amines) is 1. The Labute approximate surface area is 479 Å². The molecular weight excluding hydrogens is 1030 g/mol. The molecule has 1 rings (SSSR count). The number of nitrogens with one attached hydrogen (secondary N) is 5. The van der Waals surface area contributed by atoms with E-state index in [-0.39, 0.29) is 85.4 Å². The molecule has 0 radical (unpaired) electrons. The number of rotatable bonds is 40. The van der Waals surface area contributed by atoms with Gasteiger partial charge < -0.3 is 50.1 Å². The highest BCUT2D eigenvalue weighted by Crippen LogP contribution is 2.39. The number of carbonyl (C=O) groups is 7. The van der Waals surface area contributed by atoms with E-state index in [0.717, 1.165) is 0 Å². The van der Waals surface area contributed by atoms with Gasteiger partial charge in [0.25, 0.3) is 0 Å². The molecule has 18 nitrogen and oxygen atoms in total. The van der Waals surface area contributed by atoms with Crippen molar-refractivity contribution in [1.82, 2.24) is 31.5 Å². The lowest BCUT2D eigenvalue weighted by Gasteiger charge is -2.34. The van der Waals surface area contributed by atoms with E-state index >= 15 is 0 Å². The van der Waals surface area contributed by atoms with Crippen molar-refractivity contribution in [2.45, 2.75) is 267 Å². The van der Waals surface area contributed by atoms with Crippen LogP contribution in [0.5, 0.6) is 0 Å². The van der Waals surface area contributed by atoms with E-state index in [1.54, 1.807) is 7.11 Å². The molecule has 1 heterocycles. The van der Waals surface area contributed by atoms with E-state index in [0.29, 0.717) is 96.9 Å². The van der Waals surface area contributed by atoms with Crippen molar-refractivity contribution in [2.75, 3.05) is 59.5 Å². The predicted octanol–water partition coefficient (Wildman–Crippen LogP) is 9.27. The quantitative estimate of drug-likeness (QED) is 0.0286. The average molecular weight is 1140 g/mol. The number of nitrogens with zero attached hydrogens (tertiary/aromatic N) is 1. The third-order valence-electron chi connectivity index (χ3n) is 14.9. The molecule has 1 aliphatic heterocycles. The smallest absolute Gasteiger partial charge is 0.233 e. The molecule has 0 spiro atoms. The van der Waals surface area contributed by atoms with Crippen LogP contribution in [0.1, 0.15) is 222 Å². The highest BCUT2D eigenvalue weighted by atomic mass is 31.1. The minimum atomic E-state index is -0.664. The number of hydrogen-bond donors (Lipinski definition) is 5. The first-order valence-corrected chi connectivity index (χ1v) is 30.9. The van der Waals surface area contributed by atoms with Gasteiger partial charge in [-0.05, 0) is 175 Å². The maximum absolute atomic E-state index is 13.1. The Bertz CT molecular complexity index is 1980. The fourth-order valence-electron chi connectivity index (χ4n) is 8.87. The summed E-state index contributed by atoms with van der Waals surface area (Å²) in [6.07, 6.45) is 6.26. The first-order chi connectivity index (χ1) is 35.8. The summed E-state index contributed by atoms with van der Waals surface area (Å²) in [7, 11) is 1.02. The van der Waals surface area contributed by atoms with E-state index in [2.05, 4.69) is 26.6 Å². The Kier molecular flexibility index (Phi) is 29.3. The van der Waals surface area contributed by atoms with Crippen molar-refractivity contribution < 1.29 is 57.0 Å². The first-order valence-electron chi connectivity index (χ1n) is 29.0. The largest absolute Gasteiger partial charge is 0.375 e. The van der Waals surface area contributed by atoms with Crippen molar-refractivity contribution in [2.24, 2.45) is 17.3 Å².